The van der Waals surface area contributed by atoms with Gasteiger partial charge in [0.05, 0.1) is 31.4 Å². The van der Waals surface area contributed by atoms with Crippen molar-refractivity contribution in [1.82, 2.24) is 15.5 Å². The highest BCUT2D eigenvalue weighted by Gasteiger charge is 2.40. The molecule has 0 radical (unpaired) electrons. The van der Waals surface area contributed by atoms with Crippen LogP contribution < -0.4 is 21.1 Å². The maximum atomic E-state index is 13.2. The Balaban J connectivity index is 1.52. The van der Waals surface area contributed by atoms with Crippen LogP contribution in [-0.2, 0) is 19.1 Å². The topological polar surface area (TPSA) is 147 Å². The highest BCUT2D eigenvalue weighted by atomic mass is 32.1. The number of likely N-dealkylation sites (tertiary alicyclic amines) is 1. The molecule has 206 valence electrons. The predicted octanol–water partition coefficient (Wildman–Crippen LogP) is 2.58. The fourth-order valence-electron chi connectivity index (χ4n) is 4.21. The van der Waals surface area contributed by atoms with Crippen molar-refractivity contribution >= 4 is 34.9 Å². The van der Waals surface area contributed by atoms with Crippen LogP contribution in [0.3, 0.4) is 0 Å². The maximum Gasteiger partial charge on any atom is 0.243 e. The van der Waals surface area contributed by atoms with Crippen LogP contribution in [0.2, 0.25) is 0 Å². The van der Waals surface area contributed by atoms with Gasteiger partial charge in [0, 0.05) is 35.2 Å². The standard InChI is InChI=1S/C27H37N5O5S/c1-17(2)37-21-13-22(27(35)31-18(3)23-12-19(16-38-23)26(28)29)32(15-21)25(34)14-30-24(33)10-7-11-36-20-8-5-4-6-9-20/h4-6,8-9,12,16-18,21-22H,7,10-11,13-15H2,1-3H3,(H3,28,29)(H,30,33)(H,31,35)/t18-,21-,22+/m1/s1. The molecule has 10 nitrogen and oxygen atoms in total. The number of nitrogens with one attached hydrogen (secondary N) is 3. The number of benzene rings is 1. The molecule has 0 spiro atoms. The molecular weight excluding hydrogens is 506 g/mol. The summed E-state index contributed by atoms with van der Waals surface area (Å²) in [5.74, 6) is -0.164. The Morgan fingerprint density at radius 3 is 2.61 bits per heavy atom. The van der Waals surface area contributed by atoms with Gasteiger partial charge in [-0.2, -0.15) is 0 Å². The molecule has 3 rings (SSSR count). The smallest absolute Gasteiger partial charge is 0.243 e. The SMILES string of the molecule is CC(C)O[C@@H]1C[C@@H](C(=O)N[C@H](C)c2cc(C(=N)N)cs2)N(C(=O)CNC(=O)CCCOc2ccccc2)C1. The summed E-state index contributed by atoms with van der Waals surface area (Å²) in [7, 11) is 0. The van der Waals surface area contributed by atoms with Gasteiger partial charge in [0.15, 0.2) is 0 Å². The Kier molecular flexibility index (Phi) is 10.7. The summed E-state index contributed by atoms with van der Waals surface area (Å²) in [6.45, 7) is 6.14. The van der Waals surface area contributed by atoms with Gasteiger partial charge in [-0.1, -0.05) is 18.2 Å². The van der Waals surface area contributed by atoms with E-state index in [4.69, 9.17) is 20.6 Å². The summed E-state index contributed by atoms with van der Waals surface area (Å²) in [6, 6.07) is 10.1. The van der Waals surface area contributed by atoms with Crippen molar-refractivity contribution in [3.05, 3.63) is 52.2 Å². The highest BCUT2D eigenvalue weighted by molar-refractivity contribution is 7.10. The second kappa shape index (κ2) is 13.9. The molecule has 1 fully saturated rings. The number of nitrogen functional groups attached to an aromatic ring is 1. The summed E-state index contributed by atoms with van der Waals surface area (Å²) in [5.41, 5.74) is 6.16. The van der Waals surface area contributed by atoms with Crippen molar-refractivity contribution in [3.8, 4) is 5.75 Å². The number of nitrogens with two attached hydrogens (primary N) is 1. The molecule has 3 amide bonds. The lowest BCUT2D eigenvalue weighted by atomic mass is 10.1. The van der Waals surface area contributed by atoms with E-state index >= 15 is 0 Å². The van der Waals surface area contributed by atoms with E-state index in [0.717, 1.165) is 10.6 Å². The van der Waals surface area contributed by atoms with Crippen molar-refractivity contribution in [1.29, 1.82) is 5.41 Å². The fourth-order valence-corrected chi connectivity index (χ4v) is 5.13. The second-order valence-electron chi connectivity index (χ2n) is 9.53. The number of hydrogen-bond donors (Lipinski definition) is 4. The first-order valence-corrected chi connectivity index (χ1v) is 13.6. The van der Waals surface area contributed by atoms with Crippen molar-refractivity contribution in [2.24, 2.45) is 5.73 Å². The van der Waals surface area contributed by atoms with Gasteiger partial charge in [0.1, 0.15) is 17.6 Å². The zero-order valence-electron chi connectivity index (χ0n) is 22.1. The molecule has 0 aliphatic carbocycles. The van der Waals surface area contributed by atoms with E-state index in [0.29, 0.717) is 25.0 Å². The molecule has 2 aromatic rings. The lowest BCUT2D eigenvalue weighted by Crippen LogP contribution is -2.49. The van der Waals surface area contributed by atoms with Gasteiger partial charge < -0.3 is 30.7 Å². The molecule has 3 atom stereocenters. The highest BCUT2D eigenvalue weighted by Crippen LogP contribution is 2.25. The van der Waals surface area contributed by atoms with Crippen LogP contribution in [0.25, 0.3) is 0 Å². The number of thiophene rings is 1. The number of rotatable bonds is 13. The Bertz CT molecular complexity index is 1110. The van der Waals surface area contributed by atoms with Gasteiger partial charge >= 0.3 is 0 Å². The summed E-state index contributed by atoms with van der Waals surface area (Å²) in [6.07, 6.45) is 0.786. The molecule has 0 bridgehead atoms. The first-order chi connectivity index (χ1) is 18.1. The average Bonchev–Trinajstić information content (AvgIpc) is 3.54. The minimum Gasteiger partial charge on any atom is -0.494 e. The molecule has 1 aliphatic rings. The number of para-hydroxylation sites is 1. The van der Waals surface area contributed by atoms with Crippen molar-refractivity contribution in [2.75, 3.05) is 19.7 Å². The maximum absolute atomic E-state index is 13.2. The van der Waals surface area contributed by atoms with Crippen LogP contribution in [0, 0.1) is 5.41 Å². The minimum absolute atomic E-state index is 0.0296. The van der Waals surface area contributed by atoms with Gasteiger partial charge in [0.2, 0.25) is 17.7 Å². The quantitative estimate of drug-likeness (QED) is 0.173. The van der Waals surface area contributed by atoms with E-state index in [1.165, 1.54) is 16.2 Å². The lowest BCUT2D eigenvalue weighted by molar-refractivity contribution is -0.139. The van der Waals surface area contributed by atoms with E-state index in [1.807, 2.05) is 51.1 Å². The van der Waals surface area contributed by atoms with Crippen LogP contribution in [0.15, 0.2) is 41.8 Å². The van der Waals surface area contributed by atoms with Crippen molar-refractivity contribution in [3.63, 3.8) is 0 Å². The molecule has 0 unspecified atom stereocenters. The van der Waals surface area contributed by atoms with Gasteiger partial charge in [0.25, 0.3) is 0 Å². The number of nitrogens with zero attached hydrogens (tertiary/aromatic N) is 1. The van der Waals surface area contributed by atoms with Gasteiger partial charge in [-0.05, 0) is 45.4 Å². The number of carbonyl (C=O) groups is 3. The van der Waals surface area contributed by atoms with Gasteiger partial charge in [-0.25, -0.2) is 0 Å². The number of hydrogen-bond acceptors (Lipinski definition) is 7. The van der Waals surface area contributed by atoms with Crippen LogP contribution in [-0.4, -0.2) is 66.4 Å². The molecule has 2 heterocycles. The number of amides is 3. The summed E-state index contributed by atoms with van der Waals surface area (Å²) < 4.78 is 11.5. The van der Waals surface area contributed by atoms with Crippen LogP contribution >= 0.6 is 11.3 Å². The number of carbonyl (C=O) groups excluding carboxylic acids is 3. The average molecular weight is 544 g/mol. The third kappa shape index (κ3) is 8.56. The molecule has 1 saturated heterocycles. The molecule has 11 heteroatoms. The molecule has 5 N–H and O–H groups in total. The first-order valence-electron chi connectivity index (χ1n) is 12.8. The predicted molar refractivity (Wildman–Crippen MR) is 146 cm³/mol. The zero-order chi connectivity index (χ0) is 27.7. The van der Waals surface area contributed by atoms with E-state index < -0.39 is 6.04 Å². The lowest BCUT2D eigenvalue weighted by Gasteiger charge is -2.25. The van der Waals surface area contributed by atoms with Crippen molar-refractivity contribution < 1.29 is 23.9 Å². The van der Waals surface area contributed by atoms with E-state index in [-0.39, 0.29) is 61.3 Å². The molecule has 1 aromatic heterocycles. The van der Waals surface area contributed by atoms with Gasteiger partial charge in [-0.15, -0.1) is 11.3 Å². The fraction of sp³-hybridized carbons (Fsp3) is 0.481. The molecule has 1 aliphatic heterocycles. The minimum atomic E-state index is -0.711. The van der Waals surface area contributed by atoms with Crippen LogP contribution in [0.5, 0.6) is 5.75 Å². The van der Waals surface area contributed by atoms with Crippen LogP contribution in [0.1, 0.15) is 56.5 Å². The number of amidine groups is 1. The second-order valence-corrected chi connectivity index (χ2v) is 10.5. The third-order valence-corrected chi connectivity index (χ3v) is 7.18. The third-order valence-electron chi connectivity index (χ3n) is 6.06. The Hall–Kier alpha value is -3.44. The Labute approximate surface area is 227 Å². The molecular formula is C27H37N5O5S. The van der Waals surface area contributed by atoms with E-state index in [9.17, 15) is 14.4 Å². The zero-order valence-corrected chi connectivity index (χ0v) is 22.9. The monoisotopic (exact) mass is 543 g/mol. The Morgan fingerprint density at radius 1 is 1.21 bits per heavy atom. The first kappa shape index (κ1) is 29.1. The number of ether oxygens (including phenoxy) is 2. The molecule has 1 aromatic carbocycles. The van der Waals surface area contributed by atoms with Gasteiger partial charge in [-0.3, -0.25) is 19.8 Å². The molecule has 0 saturated carbocycles. The van der Waals surface area contributed by atoms with Crippen LogP contribution in [0.4, 0.5) is 0 Å². The Morgan fingerprint density at radius 2 is 1.95 bits per heavy atom. The summed E-state index contributed by atoms with van der Waals surface area (Å²) >= 11 is 1.41. The summed E-state index contributed by atoms with van der Waals surface area (Å²) in [5, 5.41) is 15.0. The summed E-state index contributed by atoms with van der Waals surface area (Å²) in [4.78, 5) is 40.9. The largest absolute Gasteiger partial charge is 0.494 e. The normalized spacial score (nSPS) is 17.7. The van der Waals surface area contributed by atoms with Crippen molar-refractivity contribution in [2.45, 2.75) is 64.3 Å². The van der Waals surface area contributed by atoms with E-state index in [2.05, 4.69) is 10.6 Å². The molecule has 38 heavy (non-hydrogen) atoms. The van der Waals surface area contributed by atoms with E-state index in [1.54, 1.807) is 11.4 Å².